The average molecular weight is 524 g/mol. The van der Waals surface area contributed by atoms with Crippen molar-refractivity contribution in [3.63, 3.8) is 0 Å². The summed E-state index contributed by atoms with van der Waals surface area (Å²) in [6.45, 7) is 1.94. The number of fused-ring (bicyclic) bond motifs is 1. The molecule has 1 fully saturated rings. The largest absolute Gasteiger partial charge is 0.477 e. The van der Waals surface area contributed by atoms with Crippen molar-refractivity contribution in [3.05, 3.63) is 39.5 Å². The molecule has 0 radical (unpaired) electrons. The SMILES string of the molecule is CCc1nc(SCC2=C(C(=O)O)N3C(=O)[C@H](NC(=O)C(NC(N)=O)c4cccs4)C3SC2)n[nH]1. The van der Waals surface area contributed by atoms with Gasteiger partial charge in [-0.05, 0) is 17.0 Å². The summed E-state index contributed by atoms with van der Waals surface area (Å²) in [5.74, 6) is -0.925. The number of carbonyl (C=O) groups excluding carboxylic acids is 3. The van der Waals surface area contributed by atoms with Gasteiger partial charge in [-0.25, -0.2) is 14.6 Å². The molecule has 2 aromatic heterocycles. The first-order valence-corrected chi connectivity index (χ1v) is 13.0. The van der Waals surface area contributed by atoms with Crippen LogP contribution in [-0.4, -0.2) is 71.9 Å². The monoisotopic (exact) mass is 523 g/mol. The standard InChI is InChI=1S/C19H21N7O5S3/c1-2-10-21-19(25-24-10)34-7-8-6-33-16-12(15(28)26(16)13(8)17(29)30)22-14(27)11(23-18(20)31)9-4-3-5-32-9/h3-5,11-12,16H,2,6-7H2,1H3,(H,22,27)(H,29,30)(H3,20,23,31)(H,21,24,25)/t11?,12-,16?/m0/s1. The number of rotatable bonds is 9. The van der Waals surface area contributed by atoms with E-state index in [-0.39, 0.29) is 5.70 Å². The Morgan fingerprint density at radius 1 is 1.44 bits per heavy atom. The molecular formula is C19H21N7O5S3. The maximum Gasteiger partial charge on any atom is 0.352 e. The fourth-order valence-corrected chi connectivity index (χ4v) is 6.62. The number of aliphatic carboxylic acids is 1. The fourth-order valence-electron chi connectivity index (χ4n) is 3.55. The predicted octanol–water partition coefficient (Wildman–Crippen LogP) is 0.669. The molecule has 12 nitrogen and oxygen atoms in total. The maximum atomic E-state index is 12.9. The maximum absolute atomic E-state index is 12.9. The minimum atomic E-state index is -1.21. The minimum Gasteiger partial charge on any atom is -0.477 e. The zero-order valence-corrected chi connectivity index (χ0v) is 20.3. The van der Waals surface area contributed by atoms with Crippen LogP contribution in [0.15, 0.2) is 33.9 Å². The van der Waals surface area contributed by atoms with E-state index in [1.807, 2.05) is 6.92 Å². The van der Waals surface area contributed by atoms with Crippen molar-refractivity contribution >= 4 is 58.7 Å². The number of primary amides is 1. The molecule has 180 valence electrons. The van der Waals surface area contributed by atoms with Crippen LogP contribution in [0, 0.1) is 0 Å². The first-order valence-electron chi connectivity index (χ1n) is 10.1. The smallest absolute Gasteiger partial charge is 0.352 e. The van der Waals surface area contributed by atoms with Gasteiger partial charge in [-0.1, -0.05) is 24.8 Å². The summed E-state index contributed by atoms with van der Waals surface area (Å²) in [4.78, 5) is 55.2. The molecule has 6 N–H and O–H groups in total. The summed E-state index contributed by atoms with van der Waals surface area (Å²) in [7, 11) is 0. The lowest BCUT2D eigenvalue weighted by atomic mass is 10.0. The van der Waals surface area contributed by atoms with E-state index in [4.69, 9.17) is 5.73 Å². The lowest BCUT2D eigenvalue weighted by Gasteiger charge is -2.49. The molecule has 0 aliphatic carbocycles. The second-order valence-electron chi connectivity index (χ2n) is 7.32. The molecule has 1 saturated heterocycles. The predicted molar refractivity (Wildman–Crippen MR) is 126 cm³/mol. The van der Waals surface area contributed by atoms with Crippen LogP contribution in [0.2, 0.25) is 0 Å². The third-order valence-electron chi connectivity index (χ3n) is 5.15. The second-order valence-corrected chi connectivity index (χ2v) is 10.3. The van der Waals surface area contributed by atoms with Crippen molar-refractivity contribution in [3.8, 4) is 0 Å². The molecule has 4 amide bonds. The summed E-state index contributed by atoms with van der Waals surface area (Å²) >= 11 is 3.90. The number of carbonyl (C=O) groups is 4. The van der Waals surface area contributed by atoms with Gasteiger partial charge < -0.3 is 21.5 Å². The van der Waals surface area contributed by atoms with Crippen LogP contribution in [0.3, 0.4) is 0 Å². The van der Waals surface area contributed by atoms with Crippen LogP contribution in [-0.2, 0) is 20.8 Å². The second kappa shape index (κ2) is 10.1. The van der Waals surface area contributed by atoms with Gasteiger partial charge in [-0.3, -0.25) is 19.6 Å². The Hall–Kier alpha value is -3.04. The molecule has 34 heavy (non-hydrogen) atoms. The number of aromatic amines is 1. The van der Waals surface area contributed by atoms with Crippen LogP contribution in [0.1, 0.15) is 23.7 Å². The van der Waals surface area contributed by atoms with E-state index in [1.165, 1.54) is 39.8 Å². The number of nitrogens with zero attached hydrogens (tertiary/aromatic N) is 3. The third kappa shape index (κ3) is 4.76. The highest BCUT2D eigenvalue weighted by Gasteiger charge is 2.54. The van der Waals surface area contributed by atoms with Gasteiger partial charge in [-0.2, -0.15) is 0 Å². The molecule has 2 aliphatic rings. The van der Waals surface area contributed by atoms with E-state index < -0.39 is 41.3 Å². The number of thiophene rings is 1. The Morgan fingerprint density at radius 2 is 2.24 bits per heavy atom. The van der Waals surface area contributed by atoms with E-state index in [9.17, 15) is 24.3 Å². The van der Waals surface area contributed by atoms with Gasteiger partial charge in [-0.15, -0.1) is 28.2 Å². The summed E-state index contributed by atoms with van der Waals surface area (Å²) in [6, 6.07) is 0.545. The van der Waals surface area contributed by atoms with Crippen LogP contribution in [0.25, 0.3) is 0 Å². The zero-order valence-electron chi connectivity index (χ0n) is 17.8. The highest BCUT2D eigenvalue weighted by atomic mass is 32.2. The van der Waals surface area contributed by atoms with Crippen molar-refractivity contribution in [2.75, 3.05) is 11.5 Å². The number of aromatic nitrogens is 3. The van der Waals surface area contributed by atoms with Gasteiger partial charge in [0.1, 0.15) is 29.0 Å². The van der Waals surface area contributed by atoms with E-state index in [2.05, 4.69) is 25.8 Å². The molecule has 2 aliphatic heterocycles. The zero-order chi connectivity index (χ0) is 24.4. The number of amides is 4. The quantitative estimate of drug-likeness (QED) is 0.233. The minimum absolute atomic E-state index is 0.0805. The lowest BCUT2D eigenvalue weighted by molar-refractivity contribution is -0.150. The molecule has 3 atom stereocenters. The number of carboxylic acids is 1. The van der Waals surface area contributed by atoms with E-state index in [1.54, 1.807) is 17.5 Å². The van der Waals surface area contributed by atoms with Gasteiger partial charge in [0.15, 0.2) is 0 Å². The topological polar surface area (TPSA) is 183 Å². The highest BCUT2D eigenvalue weighted by molar-refractivity contribution is 8.01. The average Bonchev–Trinajstić information content (AvgIpc) is 3.50. The number of β-lactam (4-membered cyclic amide) rings is 1. The normalized spacial score (nSPS) is 20.4. The number of H-pyrrole nitrogens is 1. The van der Waals surface area contributed by atoms with Gasteiger partial charge in [0, 0.05) is 22.8 Å². The third-order valence-corrected chi connectivity index (χ3v) is 8.36. The fraction of sp³-hybridized carbons (Fsp3) is 0.368. The Morgan fingerprint density at radius 3 is 2.85 bits per heavy atom. The summed E-state index contributed by atoms with van der Waals surface area (Å²) < 4.78 is 0. The van der Waals surface area contributed by atoms with Gasteiger partial charge in [0.05, 0.1) is 0 Å². The Balaban J connectivity index is 1.46. The Labute approximate surface area is 206 Å². The molecule has 15 heteroatoms. The van der Waals surface area contributed by atoms with Gasteiger partial charge in [0.2, 0.25) is 11.1 Å². The van der Waals surface area contributed by atoms with Crippen LogP contribution < -0.4 is 16.4 Å². The number of carboxylic acid groups (broad SMARTS) is 1. The number of nitrogens with one attached hydrogen (secondary N) is 3. The molecule has 0 saturated carbocycles. The summed E-state index contributed by atoms with van der Waals surface area (Å²) in [5, 5.41) is 23.4. The molecule has 0 aromatic carbocycles. The van der Waals surface area contributed by atoms with Crippen LogP contribution in [0.5, 0.6) is 0 Å². The van der Waals surface area contributed by atoms with Crippen molar-refractivity contribution < 1.29 is 24.3 Å². The highest BCUT2D eigenvalue weighted by Crippen LogP contribution is 2.41. The van der Waals surface area contributed by atoms with Crippen molar-refractivity contribution in [1.82, 2.24) is 30.7 Å². The first-order chi connectivity index (χ1) is 16.3. The number of urea groups is 1. The number of nitrogens with two attached hydrogens (primary N) is 1. The van der Waals surface area contributed by atoms with E-state index in [0.29, 0.717) is 33.5 Å². The Kier molecular flexibility index (Phi) is 7.13. The number of hydrogen-bond donors (Lipinski definition) is 5. The first kappa shape index (κ1) is 24.1. The lowest BCUT2D eigenvalue weighted by Crippen LogP contribution is -2.71. The summed E-state index contributed by atoms with van der Waals surface area (Å²) in [6.07, 6.45) is 0.700. The number of hydrogen-bond acceptors (Lipinski definition) is 9. The molecule has 2 unspecified atom stereocenters. The van der Waals surface area contributed by atoms with E-state index in [0.717, 1.165) is 5.82 Å². The summed E-state index contributed by atoms with van der Waals surface area (Å²) in [5.41, 5.74) is 5.70. The molecule has 0 spiro atoms. The molecule has 0 bridgehead atoms. The van der Waals surface area contributed by atoms with Gasteiger partial charge in [0.25, 0.3) is 5.91 Å². The number of aryl methyl sites for hydroxylation is 1. The molecular weight excluding hydrogens is 502 g/mol. The van der Waals surface area contributed by atoms with Crippen molar-refractivity contribution in [2.24, 2.45) is 5.73 Å². The van der Waals surface area contributed by atoms with Crippen molar-refractivity contribution in [2.45, 2.75) is 36.0 Å². The molecule has 4 rings (SSSR count). The Bertz CT molecular complexity index is 1150. The van der Waals surface area contributed by atoms with Crippen LogP contribution >= 0.6 is 34.9 Å². The molecule has 2 aromatic rings. The van der Waals surface area contributed by atoms with Crippen molar-refractivity contribution in [1.29, 1.82) is 0 Å². The van der Waals surface area contributed by atoms with E-state index >= 15 is 0 Å². The van der Waals surface area contributed by atoms with Gasteiger partial charge >= 0.3 is 12.0 Å². The molecule has 4 heterocycles. The van der Waals surface area contributed by atoms with Crippen LogP contribution in [0.4, 0.5) is 4.79 Å². The number of thioether (sulfide) groups is 2.